The number of hydrogen-bond acceptors (Lipinski definition) is 8. The van der Waals surface area contributed by atoms with Crippen molar-refractivity contribution in [1.29, 1.82) is 0 Å². The summed E-state index contributed by atoms with van der Waals surface area (Å²) in [5, 5.41) is 2.74. The number of rotatable bonds is 7. The Balaban J connectivity index is 2.48. The minimum atomic E-state index is -4.28. The summed E-state index contributed by atoms with van der Waals surface area (Å²) in [7, 11) is -1.99. The molecule has 9 nitrogen and oxygen atoms in total. The molecule has 0 saturated carbocycles. The van der Waals surface area contributed by atoms with Crippen LogP contribution in [0.3, 0.4) is 0 Å². The number of nitrogens with one attached hydrogen (secondary N) is 1. The van der Waals surface area contributed by atoms with Gasteiger partial charge in [0.2, 0.25) is 15.9 Å². The molecule has 11 heteroatoms. The van der Waals surface area contributed by atoms with Crippen molar-refractivity contribution in [3.05, 3.63) is 29.3 Å². The minimum Gasteiger partial charge on any atom is -0.465 e. The van der Waals surface area contributed by atoms with Gasteiger partial charge in [-0.25, -0.2) is 18.0 Å². The molecule has 0 radical (unpaired) electrons. The van der Waals surface area contributed by atoms with Crippen LogP contribution in [0.4, 0.5) is 0 Å². The molecule has 0 spiro atoms. The third-order valence-corrected chi connectivity index (χ3v) is 7.29. The first kappa shape index (κ1) is 23.2. The quantitative estimate of drug-likeness (QED) is 0.621. The normalized spacial score (nSPS) is 17.2. The third kappa shape index (κ3) is 5.09. The number of ether oxygens (including phenoxy) is 2. The van der Waals surface area contributed by atoms with Crippen molar-refractivity contribution in [1.82, 2.24) is 9.62 Å². The van der Waals surface area contributed by atoms with Gasteiger partial charge in [0.25, 0.3) is 0 Å². The maximum Gasteiger partial charge on any atom is 0.339 e. The zero-order chi connectivity index (χ0) is 21.8. The molecule has 1 saturated heterocycles. The van der Waals surface area contributed by atoms with Crippen molar-refractivity contribution in [2.45, 2.75) is 24.8 Å². The van der Waals surface area contributed by atoms with E-state index in [4.69, 9.17) is 0 Å². The molecule has 1 aliphatic rings. The van der Waals surface area contributed by atoms with Gasteiger partial charge in [0.1, 0.15) is 6.04 Å². The van der Waals surface area contributed by atoms with Gasteiger partial charge in [-0.05, 0) is 24.1 Å². The molecule has 1 aromatic rings. The lowest BCUT2D eigenvalue weighted by Gasteiger charge is -2.24. The van der Waals surface area contributed by atoms with Gasteiger partial charge >= 0.3 is 11.9 Å². The average Bonchev–Trinajstić information content (AvgIpc) is 3.21. The maximum atomic E-state index is 13.4. The van der Waals surface area contributed by atoms with Crippen molar-refractivity contribution in [2.75, 3.05) is 32.4 Å². The second-order valence-electron chi connectivity index (χ2n) is 6.74. The lowest BCUT2D eigenvalue weighted by molar-refractivity contribution is -0.123. The fourth-order valence-electron chi connectivity index (χ4n) is 2.68. The smallest absolute Gasteiger partial charge is 0.339 e. The number of benzene rings is 1. The number of thioether (sulfide) groups is 1. The van der Waals surface area contributed by atoms with E-state index in [0.717, 1.165) is 24.6 Å². The first-order valence-corrected chi connectivity index (χ1v) is 11.4. The summed E-state index contributed by atoms with van der Waals surface area (Å²) in [6, 6.07) is 2.63. The van der Waals surface area contributed by atoms with Crippen LogP contribution < -0.4 is 5.32 Å². The highest BCUT2D eigenvalue weighted by atomic mass is 32.2. The molecule has 1 aliphatic heterocycles. The fourth-order valence-corrected chi connectivity index (χ4v) is 6.03. The van der Waals surface area contributed by atoms with Gasteiger partial charge in [0, 0.05) is 12.3 Å². The van der Waals surface area contributed by atoms with E-state index >= 15 is 0 Å². The molecule has 0 bridgehead atoms. The number of nitrogens with zero attached hydrogens (tertiary/aromatic N) is 1. The Bertz CT molecular complexity index is 899. The Morgan fingerprint density at radius 1 is 1.21 bits per heavy atom. The Kier molecular flexibility index (Phi) is 7.66. The molecule has 2 rings (SSSR count). The van der Waals surface area contributed by atoms with Crippen LogP contribution in [0, 0.1) is 5.92 Å². The van der Waals surface area contributed by atoms with Crippen LogP contribution in [0.2, 0.25) is 0 Å². The first-order chi connectivity index (χ1) is 13.6. The highest BCUT2D eigenvalue weighted by Gasteiger charge is 2.41. The van der Waals surface area contributed by atoms with E-state index in [1.54, 1.807) is 0 Å². The number of carbonyl (C=O) groups excluding carboxylic acids is 3. The summed E-state index contributed by atoms with van der Waals surface area (Å²) in [6.07, 6.45) is 0. The summed E-state index contributed by atoms with van der Waals surface area (Å²) < 4.78 is 37.1. The molecular formula is C18H24N2O7S2. The monoisotopic (exact) mass is 444 g/mol. The van der Waals surface area contributed by atoms with Crippen molar-refractivity contribution in [3.63, 3.8) is 0 Å². The molecule has 1 aromatic carbocycles. The van der Waals surface area contributed by atoms with Crippen LogP contribution in [0.15, 0.2) is 23.1 Å². The van der Waals surface area contributed by atoms with Crippen molar-refractivity contribution < 1.29 is 32.3 Å². The molecule has 1 N–H and O–H groups in total. The van der Waals surface area contributed by atoms with Gasteiger partial charge < -0.3 is 14.8 Å². The van der Waals surface area contributed by atoms with Crippen LogP contribution in [0.5, 0.6) is 0 Å². The molecule has 29 heavy (non-hydrogen) atoms. The number of amides is 1. The molecule has 1 amide bonds. The topological polar surface area (TPSA) is 119 Å². The van der Waals surface area contributed by atoms with Crippen LogP contribution in [0.25, 0.3) is 0 Å². The van der Waals surface area contributed by atoms with Gasteiger partial charge in [-0.1, -0.05) is 13.8 Å². The van der Waals surface area contributed by atoms with Gasteiger partial charge in [-0.3, -0.25) is 4.79 Å². The summed E-state index contributed by atoms with van der Waals surface area (Å²) in [4.78, 5) is 36.1. The number of carbonyl (C=O) groups is 3. The van der Waals surface area contributed by atoms with Crippen molar-refractivity contribution >= 4 is 39.6 Å². The van der Waals surface area contributed by atoms with Crippen LogP contribution in [-0.4, -0.2) is 69.0 Å². The zero-order valence-corrected chi connectivity index (χ0v) is 18.3. The van der Waals surface area contributed by atoms with E-state index in [9.17, 15) is 22.8 Å². The number of sulfonamides is 1. The highest BCUT2D eigenvalue weighted by Crippen LogP contribution is 2.31. The molecular weight excluding hydrogens is 420 g/mol. The predicted octanol–water partition coefficient (Wildman–Crippen LogP) is 1.10. The van der Waals surface area contributed by atoms with E-state index in [-0.39, 0.29) is 28.7 Å². The Hall–Kier alpha value is -2.11. The van der Waals surface area contributed by atoms with E-state index in [1.807, 2.05) is 13.8 Å². The predicted molar refractivity (Wildman–Crippen MR) is 107 cm³/mol. The number of methoxy groups -OCH3 is 2. The first-order valence-electron chi connectivity index (χ1n) is 8.81. The number of esters is 2. The fraction of sp³-hybridized carbons (Fsp3) is 0.500. The minimum absolute atomic E-state index is 0.0358. The summed E-state index contributed by atoms with van der Waals surface area (Å²) in [5.41, 5.74) is -0.259. The van der Waals surface area contributed by atoms with E-state index in [2.05, 4.69) is 14.8 Å². The van der Waals surface area contributed by atoms with Crippen LogP contribution in [-0.2, 0) is 24.3 Å². The molecule has 1 heterocycles. The molecule has 1 fully saturated rings. The average molecular weight is 445 g/mol. The summed E-state index contributed by atoms with van der Waals surface area (Å²) in [5.74, 6) is -1.48. The number of hydrogen-bond donors (Lipinski definition) is 1. The Morgan fingerprint density at radius 2 is 1.86 bits per heavy atom. The maximum absolute atomic E-state index is 13.4. The lowest BCUT2D eigenvalue weighted by atomic mass is 10.1. The zero-order valence-electron chi connectivity index (χ0n) is 16.6. The van der Waals surface area contributed by atoms with E-state index < -0.39 is 38.8 Å². The van der Waals surface area contributed by atoms with Gasteiger partial charge in [0.15, 0.2) is 0 Å². The lowest BCUT2D eigenvalue weighted by Crippen LogP contribution is -2.48. The highest BCUT2D eigenvalue weighted by molar-refractivity contribution is 8.00. The van der Waals surface area contributed by atoms with Crippen LogP contribution in [0.1, 0.15) is 34.6 Å². The van der Waals surface area contributed by atoms with Crippen LogP contribution >= 0.6 is 11.8 Å². The molecule has 1 unspecified atom stereocenters. The third-order valence-electron chi connectivity index (χ3n) is 4.22. The van der Waals surface area contributed by atoms with Crippen molar-refractivity contribution in [2.24, 2.45) is 5.92 Å². The summed E-state index contributed by atoms with van der Waals surface area (Å²) in [6.45, 7) is 4.28. The van der Waals surface area contributed by atoms with E-state index in [1.165, 1.54) is 23.9 Å². The standard InChI is InChI=1S/C18H24N2O7S2/c1-11(2)8-19-16(21)14-9-28-10-20(14)29(24,25)15-7-12(17(22)26-3)5-6-13(15)18(23)27-4/h5-7,11,14H,8-10H2,1-4H3,(H,19,21). The largest absolute Gasteiger partial charge is 0.465 e. The SMILES string of the molecule is COC(=O)c1ccc(C(=O)OC)c(S(=O)(=O)N2CSCC2C(=O)NCC(C)C)c1. The second-order valence-corrected chi connectivity index (χ2v) is 9.60. The summed E-state index contributed by atoms with van der Waals surface area (Å²) >= 11 is 1.29. The molecule has 0 aliphatic carbocycles. The Labute approximate surface area is 174 Å². The van der Waals surface area contributed by atoms with Crippen molar-refractivity contribution in [3.8, 4) is 0 Å². The van der Waals surface area contributed by atoms with Gasteiger partial charge in [-0.15, -0.1) is 11.8 Å². The second kappa shape index (κ2) is 9.59. The van der Waals surface area contributed by atoms with Gasteiger partial charge in [0.05, 0.1) is 36.1 Å². The molecule has 1 atom stereocenters. The van der Waals surface area contributed by atoms with E-state index in [0.29, 0.717) is 6.54 Å². The van der Waals surface area contributed by atoms with Gasteiger partial charge in [-0.2, -0.15) is 4.31 Å². The molecule has 0 aromatic heterocycles. The molecule has 160 valence electrons. The Morgan fingerprint density at radius 3 is 2.45 bits per heavy atom.